The van der Waals surface area contributed by atoms with Crippen LogP contribution in [0.25, 0.3) is 0 Å². The van der Waals surface area contributed by atoms with Gasteiger partial charge in [-0.15, -0.1) is 0 Å². The lowest BCUT2D eigenvalue weighted by atomic mass is 10.1. The van der Waals surface area contributed by atoms with Crippen molar-refractivity contribution in [3.63, 3.8) is 0 Å². The van der Waals surface area contributed by atoms with Crippen molar-refractivity contribution in [1.29, 1.82) is 0 Å². The largest absolute Gasteiger partial charge is 0.345 e. The lowest BCUT2D eigenvalue weighted by Crippen LogP contribution is -2.27. The quantitative estimate of drug-likeness (QED) is 0.810. The number of benzene rings is 2. The Morgan fingerprint density at radius 3 is 2.63 bits per heavy atom. The molecule has 1 aliphatic carbocycles. The third kappa shape index (κ3) is 2.66. The molecule has 1 atom stereocenters. The number of hydrogen-bond donors (Lipinski definition) is 1. The van der Waals surface area contributed by atoms with Gasteiger partial charge in [0, 0.05) is 9.13 Å². The Hall–Kier alpha value is -1.36. The van der Waals surface area contributed by atoms with Gasteiger partial charge in [-0.05, 0) is 70.8 Å². The fourth-order valence-corrected chi connectivity index (χ4v) is 2.91. The van der Waals surface area contributed by atoms with Crippen molar-refractivity contribution < 1.29 is 4.79 Å². The topological polar surface area (TPSA) is 29.1 Å². The smallest absolute Gasteiger partial charge is 0.251 e. The van der Waals surface area contributed by atoms with E-state index in [1.54, 1.807) is 0 Å². The molecule has 0 aliphatic heterocycles. The molecule has 1 N–H and O–H groups in total. The molecular weight excluding hydrogens is 349 g/mol. The zero-order valence-corrected chi connectivity index (χ0v) is 12.6. The summed E-state index contributed by atoms with van der Waals surface area (Å²) in [5, 5.41) is 3.13. The van der Waals surface area contributed by atoms with Crippen LogP contribution in [0.1, 0.15) is 33.9 Å². The molecule has 0 radical (unpaired) electrons. The number of aryl methyl sites for hydroxylation is 1. The van der Waals surface area contributed by atoms with Crippen LogP contribution in [0.5, 0.6) is 0 Å². The van der Waals surface area contributed by atoms with Crippen molar-refractivity contribution in [2.45, 2.75) is 18.9 Å². The minimum Gasteiger partial charge on any atom is -0.345 e. The van der Waals surface area contributed by atoms with Gasteiger partial charge >= 0.3 is 0 Å². The molecule has 0 bridgehead atoms. The average Bonchev–Trinajstić information content (AvgIpc) is 2.83. The summed E-state index contributed by atoms with van der Waals surface area (Å²) in [6, 6.07) is 16.2. The molecule has 2 aromatic carbocycles. The molecule has 3 heteroatoms. The van der Waals surface area contributed by atoms with Crippen LogP contribution in [-0.4, -0.2) is 5.91 Å². The van der Waals surface area contributed by atoms with E-state index in [2.05, 4.69) is 46.1 Å². The number of hydrogen-bond acceptors (Lipinski definition) is 1. The highest BCUT2D eigenvalue weighted by atomic mass is 127. The average molecular weight is 363 g/mol. The van der Waals surface area contributed by atoms with Gasteiger partial charge in [-0.25, -0.2) is 0 Å². The van der Waals surface area contributed by atoms with Gasteiger partial charge in [0.05, 0.1) is 6.04 Å². The van der Waals surface area contributed by atoms with E-state index in [1.165, 1.54) is 11.1 Å². The van der Waals surface area contributed by atoms with E-state index < -0.39 is 0 Å². The first-order valence-electron chi connectivity index (χ1n) is 6.38. The second-order valence-electron chi connectivity index (χ2n) is 4.77. The summed E-state index contributed by atoms with van der Waals surface area (Å²) in [4.78, 5) is 12.2. The molecule has 0 fully saturated rings. The third-order valence-electron chi connectivity index (χ3n) is 3.54. The van der Waals surface area contributed by atoms with Gasteiger partial charge in [-0.3, -0.25) is 4.79 Å². The van der Waals surface area contributed by atoms with Crippen molar-refractivity contribution in [1.82, 2.24) is 5.32 Å². The fourth-order valence-electron chi connectivity index (χ4n) is 2.55. The highest BCUT2D eigenvalue weighted by molar-refractivity contribution is 14.1. The van der Waals surface area contributed by atoms with E-state index in [0.717, 1.165) is 22.0 Å². The van der Waals surface area contributed by atoms with Gasteiger partial charge in [0.2, 0.25) is 0 Å². The minimum absolute atomic E-state index is 0.0121. The normalized spacial score (nSPS) is 17.0. The van der Waals surface area contributed by atoms with Crippen molar-refractivity contribution >= 4 is 28.5 Å². The summed E-state index contributed by atoms with van der Waals surface area (Å²) in [7, 11) is 0. The Bertz CT molecular complexity index is 606. The standard InChI is InChI=1S/C16H14INO/c17-13-8-5-12(6-9-13)16(19)18-15-10-7-11-3-1-2-4-14(11)15/h1-6,8-9,15H,7,10H2,(H,18,19). The van der Waals surface area contributed by atoms with Gasteiger partial charge in [0.25, 0.3) is 5.91 Å². The highest BCUT2D eigenvalue weighted by Crippen LogP contribution is 2.30. The van der Waals surface area contributed by atoms with E-state index in [-0.39, 0.29) is 11.9 Å². The molecule has 0 aromatic heterocycles. The summed E-state index contributed by atoms with van der Waals surface area (Å²) < 4.78 is 1.14. The van der Waals surface area contributed by atoms with Crippen LogP contribution in [0.4, 0.5) is 0 Å². The van der Waals surface area contributed by atoms with E-state index in [9.17, 15) is 4.79 Å². The van der Waals surface area contributed by atoms with Crippen LogP contribution in [0.2, 0.25) is 0 Å². The van der Waals surface area contributed by atoms with Crippen LogP contribution in [0, 0.1) is 3.57 Å². The minimum atomic E-state index is 0.0121. The first kappa shape index (κ1) is 12.7. The number of rotatable bonds is 2. The lowest BCUT2D eigenvalue weighted by Gasteiger charge is -2.14. The molecule has 19 heavy (non-hydrogen) atoms. The molecule has 3 rings (SSSR count). The summed E-state index contributed by atoms with van der Waals surface area (Å²) in [5.41, 5.74) is 3.35. The summed E-state index contributed by atoms with van der Waals surface area (Å²) in [5.74, 6) is 0.0121. The van der Waals surface area contributed by atoms with Crippen LogP contribution >= 0.6 is 22.6 Å². The van der Waals surface area contributed by atoms with Crippen molar-refractivity contribution in [3.8, 4) is 0 Å². The van der Waals surface area contributed by atoms with E-state index in [1.807, 2.05) is 30.3 Å². The maximum atomic E-state index is 12.2. The molecule has 2 aromatic rings. The molecule has 0 spiro atoms. The highest BCUT2D eigenvalue weighted by Gasteiger charge is 2.23. The molecule has 0 saturated carbocycles. The number of amides is 1. The van der Waals surface area contributed by atoms with Crippen molar-refractivity contribution in [2.24, 2.45) is 0 Å². The molecule has 96 valence electrons. The Kier molecular flexibility index (Phi) is 3.55. The number of carbonyl (C=O) groups is 1. The molecule has 1 aliphatic rings. The first-order chi connectivity index (χ1) is 9.24. The van der Waals surface area contributed by atoms with Crippen molar-refractivity contribution in [2.75, 3.05) is 0 Å². The van der Waals surface area contributed by atoms with Crippen LogP contribution in [0.3, 0.4) is 0 Å². The van der Waals surface area contributed by atoms with Crippen LogP contribution in [0.15, 0.2) is 48.5 Å². The zero-order valence-electron chi connectivity index (χ0n) is 10.4. The summed E-state index contributed by atoms with van der Waals surface area (Å²) >= 11 is 2.24. The number of halogens is 1. The van der Waals surface area contributed by atoms with Gasteiger partial charge < -0.3 is 5.32 Å². The molecule has 1 unspecified atom stereocenters. The maximum Gasteiger partial charge on any atom is 0.251 e. The molecule has 0 saturated heterocycles. The number of fused-ring (bicyclic) bond motifs is 1. The Morgan fingerprint density at radius 1 is 1.11 bits per heavy atom. The SMILES string of the molecule is O=C(NC1CCc2ccccc21)c1ccc(I)cc1. The predicted octanol–water partition coefficient (Wildman–Crippen LogP) is 3.71. The van der Waals surface area contributed by atoms with Gasteiger partial charge in [-0.2, -0.15) is 0 Å². The predicted molar refractivity (Wildman–Crippen MR) is 84.1 cm³/mol. The molecular formula is C16H14INO. The van der Waals surface area contributed by atoms with Crippen molar-refractivity contribution in [3.05, 3.63) is 68.8 Å². The number of carbonyl (C=O) groups excluding carboxylic acids is 1. The monoisotopic (exact) mass is 363 g/mol. The molecule has 0 heterocycles. The Balaban J connectivity index is 1.76. The first-order valence-corrected chi connectivity index (χ1v) is 7.46. The Labute approximate surface area is 126 Å². The summed E-state index contributed by atoms with van der Waals surface area (Å²) in [6.45, 7) is 0. The van der Waals surface area contributed by atoms with Gasteiger partial charge in [-0.1, -0.05) is 24.3 Å². The zero-order chi connectivity index (χ0) is 13.2. The van der Waals surface area contributed by atoms with Gasteiger partial charge in [0.1, 0.15) is 0 Å². The second-order valence-corrected chi connectivity index (χ2v) is 6.02. The van der Waals surface area contributed by atoms with Crippen LogP contribution < -0.4 is 5.32 Å². The fraction of sp³-hybridized carbons (Fsp3) is 0.188. The third-order valence-corrected chi connectivity index (χ3v) is 4.26. The molecule has 2 nitrogen and oxygen atoms in total. The number of nitrogens with one attached hydrogen (secondary N) is 1. The summed E-state index contributed by atoms with van der Waals surface area (Å²) in [6.07, 6.45) is 2.04. The maximum absolute atomic E-state index is 12.2. The Morgan fingerprint density at radius 2 is 1.84 bits per heavy atom. The second kappa shape index (κ2) is 5.33. The van der Waals surface area contributed by atoms with E-state index in [4.69, 9.17) is 0 Å². The van der Waals surface area contributed by atoms with E-state index >= 15 is 0 Å². The van der Waals surface area contributed by atoms with E-state index in [0.29, 0.717) is 0 Å². The molecule has 1 amide bonds. The lowest BCUT2D eigenvalue weighted by molar-refractivity contribution is 0.0936. The van der Waals surface area contributed by atoms with Crippen LogP contribution in [-0.2, 0) is 6.42 Å². The van der Waals surface area contributed by atoms with Gasteiger partial charge in [0.15, 0.2) is 0 Å².